The van der Waals surface area contributed by atoms with E-state index in [0.717, 1.165) is 19.3 Å². The van der Waals surface area contributed by atoms with Crippen molar-refractivity contribution in [3.05, 3.63) is 69.8 Å². The topological polar surface area (TPSA) is 117 Å². The number of piperidine rings is 1. The first kappa shape index (κ1) is 24.7. The quantitative estimate of drug-likeness (QED) is 0.316. The Balaban J connectivity index is 1.68. The normalized spacial score (nSPS) is 13.7. The molecule has 0 N–H and O–H groups in total. The number of hydrogen-bond acceptors (Lipinski definition) is 7. The zero-order valence-electron chi connectivity index (χ0n) is 19.2. The minimum absolute atomic E-state index is 0.0724. The van der Waals surface area contributed by atoms with E-state index in [2.05, 4.69) is 12.1 Å². The monoisotopic (exact) mass is 464 g/mol. The molecule has 9 nitrogen and oxygen atoms in total. The number of nitro benzene ring substituents is 1. The number of benzene rings is 2. The molecule has 2 aromatic carbocycles. The Kier molecular flexibility index (Phi) is 8.57. The van der Waals surface area contributed by atoms with Gasteiger partial charge in [-0.3, -0.25) is 14.9 Å². The number of hydrogen-bond donors (Lipinski definition) is 0. The van der Waals surface area contributed by atoms with Crippen LogP contribution in [0.5, 0.6) is 0 Å². The molecule has 34 heavy (non-hydrogen) atoms. The summed E-state index contributed by atoms with van der Waals surface area (Å²) in [5.41, 5.74) is 1.72. The van der Waals surface area contributed by atoms with E-state index >= 15 is 0 Å². The predicted molar refractivity (Wildman–Crippen MR) is 126 cm³/mol. The summed E-state index contributed by atoms with van der Waals surface area (Å²) >= 11 is 0. The van der Waals surface area contributed by atoms with Gasteiger partial charge in [0, 0.05) is 38.8 Å². The highest BCUT2D eigenvalue weighted by Gasteiger charge is 2.26. The van der Waals surface area contributed by atoms with Crippen molar-refractivity contribution in [2.45, 2.75) is 25.7 Å². The van der Waals surface area contributed by atoms with E-state index in [1.54, 1.807) is 6.07 Å². The summed E-state index contributed by atoms with van der Waals surface area (Å²) in [6.07, 6.45) is 3.03. The number of non-ortho nitro benzene ring substituents is 1. The van der Waals surface area contributed by atoms with Gasteiger partial charge in [-0.25, -0.2) is 4.79 Å². The van der Waals surface area contributed by atoms with Crippen LogP contribution in [-0.2, 0) is 16.0 Å². The molecule has 0 saturated carbocycles. The summed E-state index contributed by atoms with van der Waals surface area (Å²) in [6.45, 7) is 1.16. The zero-order valence-corrected chi connectivity index (χ0v) is 19.2. The van der Waals surface area contributed by atoms with Crippen LogP contribution in [-0.4, -0.2) is 55.0 Å². The molecule has 0 atom stereocenters. The maximum Gasteiger partial charge on any atom is 0.341 e. The van der Waals surface area contributed by atoms with Crippen LogP contribution in [0.25, 0.3) is 0 Å². The van der Waals surface area contributed by atoms with Crippen LogP contribution >= 0.6 is 0 Å². The third kappa shape index (κ3) is 6.54. The van der Waals surface area contributed by atoms with Crippen molar-refractivity contribution < 1.29 is 19.2 Å². The van der Waals surface area contributed by atoms with Crippen LogP contribution in [0.4, 0.5) is 11.4 Å². The molecule has 2 aromatic rings. The Morgan fingerprint density at radius 2 is 1.91 bits per heavy atom. The lowest BCUT2D eigenvalue weighted by Crippen LogP contribution is -2.35. The highest BCUT2D eigenvalue weighted by atomic mass is 16.6. The Bertz CT molecular complexity index is 1060. The largest absolute Gasteiger partial charge is 0.452 e. The molecule has 0 spiro atoms. The van der Waals surface area contributed by atoms with Gasteiger partial charge in [0.05, 0.1) is 28.7 Å². The number of carbonyl (C=O) groups is 2. The fourth-order valence-electron chi connectivity index (χ4n) is 4.06. The minimum Gasteiger partial charge on any atom is -0.452 e. The summed E-state index contributed by atoms with van der Waals surface area (Å²) in [5, 5.41) is 19.9. The van der Waals surface area contributed by atoms with Gasteiger partial charge in [-0.05, 0) is 36.8 Å². The number of ether oxygens (including phenoxy) is 1. The van der Waals surface area contributed by atoms with Crippen LogP contribution in [0.1, 0.15) is 35.2 Å². The second kappa shape index (κ2) is 11.8. The average molecular weight is 465 g/mol. The van der Waals surface area contributed by atoms with Crippen molar-refractivity contribution in [3.8, 4) is 6.07 Å². The molecule has 1 fully saturated rings. The van der Waals surface area contributed by atoms with Crippen LogP contribution in [0.2, 0.25) is 0 Å². The van der Waals surface area contributed by atoms with Crippen LogP contribution < -0.4 is 4.90 Å². The maximum absolute atomic E-state index is 12.8. The molecular formula is C25H28N4O5. The fraction of sp³-hybridized carbons (Fsp3) is 0.400. The lowest BCUT2D eigenvalue weighted by atomic mass is 9.90. The Morgan fingerprint density at radius 3 is 2.56 bits per heavy atom. The number of rotatable bonds is 9. The highest BCUT2D eigenvalue weighted by Crippen LogP contribution is 2.31. The second-order valence-electron chi connectivity index (χ2n) is 8.38. The molecule has 0 bridgehead atoms. The molecule has 1 saturated heterocycles. The third-order valence-corrected chi connectivity index (χ3v) is 6.04. The SMILES string of the molecule is CN(CCC#N)C(=O)COC(=O)c1cc([N+](=O)[O-])ccc1N1CCC(Cc2ccccc2)CC1. The molecule has 178 valence electrons. The molecule has 9 heteroatoms. The van der Waals surface area contributed by atoms with E-state index in [1.807, 2.05) is 29.2 Å². The van der Waals surface area contributed by atoms with Gasteiger partial charge in [0.15, 0.2) is 6.61 Å². The summed E-state index contributed by atoms with van der Waals surface area (Å²) in [6, 6.07) is 16.4. The fourth-order valence-corrected chi connectivity index (χ4v) is 4.06. The first-order valence-electron chi connectivity index (χ1n) is 11.2. The van der Waals surface area contributed by atoms with Gasteiger partial charge in [0.25, 0.3) is 11.6 Å². The number of anilines is 1. The number of likely N-dealkylation sites (N-methyl/N-ethyl adjacent to an activating group) is 1. The Labute approximate surface area is 198 Å². The number of nitriles is 1. The van der Waals surface area contributed by atoms with Gasteiger partial charge >= 0.3 is 5.97 Å². The first-order chi connectivity index (χ1) is 16.4. The number of carbonyl (C=O) groups excluding carboxylic acids is 2. The number of amides is 1. The first-order valence-corrected chi connectivity index (χ1v) is 11.2. The Hall–Kier alpha value is -3.93. The lowest BCUT2D eigenvalue weighted by Gasteiger charge is -2.34. The zero-order chi connectivity index (χ0) is 24.5. The summed E-state index contributed by atoms with van der Waals surface area (Å²) < 4.78 is 5.20. The summed E-state index contributed by atoms with van der Waals surface area (Å²) in [7, 11) is 1.52. The van der Waals surface area contributed by atoms with E-state index < -0.39 is 23.4 Å². The molecular weight excluding hydrogens is 436 g/mol. The van der Waals surface area contributed by atoms with Crippen molar-refractivity contribution in [1.29, 1.82) is 5.26 Å². The smallest absolute Gasteiger partial charge is 0.341 e. The molecule has 1 heterocycles. The van der Waals surface area contributed by atoms with Crippen LogP contribution in [0.3, 0.4) is 0 Å². The average Bonchev–Trinajstić information content (AvgIpc) is 2.86. The van der Waals surface area contributed by atoms with Crippen molar-refractivity contribution in [3.63, 3.8) is 0 Å². The molecule has 1 aliphatic rings. The molecule has 0 aliphatic carbocycles. The van der Waals surface area contributed by atoms with E-state index in [0.29, 0.717) is 24.7 Å². The molecule has 3 rings (SSSR count). The van der Waals surface area contributed by atoms with Crippen molar-refractivity contribution >= 4 is 23.3 Å². The van der Waals surface area contributed by atoms with Crippen molar-refractivity contribution in [1.82, 2.24) is 4.90 Å². The van der Waals surface area contributed by atoms with Crippen molar-refractivity contribution in [2.24, 2.45) is 5.92 Å². The summed E-state index contributed by atoms with van der Waals surface area (Å²) in [5.74, 6) is -0.710. The number of nitrogens with zero attached hydrogens (tertiary/aromatic N) is 4. The maximum atomic E-state index is 12.8. The van der Waals surface area contributed by atoms with Gasteiger partial charge < -0.3 is 14.5 Å². The standard InChI is InChI=1S/C25H28N4O5/c1-27(13-5-12-26)24(30)18-34-25(31)22-17-21(29(32)33)8-9-23(22)28-14-10-20(11-15-28)16-19-6-3-2-4-7-19/h2-4,6-9,17,20H,5,10-11,13-16,18H2,1H3. The molecule has 0 aromatic heterocycles. The molecule has 0 unspecified atom stereocenters. The van der Waals surface area contributed by atoms with Crippen LogP contribution in [0.15, 0.2) is 48.5 Å². The van der Waals surface area contributed by atoms with E-state index in [1.165, 1.54) is 29.6 Å². The highest BCUT2D eigenvalue weighted by molar-refractivity contribution is 5.97. The Morgan fingerprint density at radius 1 is 1.21 bits per heavy atom. The van der Waals surface area contributed by atoms with E-state index in [-0.39, 0.29) is 24.2 Å². The van der Waals surface area contributed by atoms with E-state index in [9.17, 15) is 19.7 Å². The van der Waals surface area contributed by atoms with E-state index in [4.69, 9.17) is 10.00 Å². The molecule has 1 aliphatic heterocycles. The van der Waals surface area contributed by atoms with Gasteiger partial charge in [0.2, 0.25) is 0 Å². The van der Waals surface area contributed by atoms with Crippen LogP contribution in [0, 0.1) is 27.4 Å². The minimum atomic E-state index is -0.785. The van der Waals surface area contributed by atoms with Crippen molar-refractivity contribution in [2.75, 3.05) is 38.2 Å². The predicted octanol–water partition coefficient (Wildman–Crippen LogP) is 3.58. The van der Waals surface area contributed by atoms with Gasteiger partial charge in [-0.15, -0.1) is 0 Å². The summed E-state index contributed by atoms with van der Waals surface area (Å²) in [4.78, 5) is 39.1. The third-order valence-electron chi connectivity index (χ3n) is 6.04. The van der Waals surface area contributed by atoms with Gasteiger partial charge in [-0.1, -0.05) is 30.3 Å². The molecule has 1 amide bonds. The number of esters is 1. The lowest BCUT2D eigenvalue weighted by molar-refractivity contribution is -0.384. The second-order valence-corrected chi connectivity index (χ2v) is 8.38. The van der Waals surface area contributed by atoms with Gasteiger partial charge in [0.1, 0.15) is 0 Å². The van der Waals surface area contributed by atoms with Gasteiger partial charge in [-0.2, -0.15) is 5.26 Å². The molecule has 0 radical (unpaired) electrons. The number of nitro groups is 1.